The van der Waals surface area contributed by atoms with Crippen molar-refractivity contribution < 1.29 is 14.3 Å². The molecule has 0 atom stereocenters. The molecule has 0 aliphatic carbocycles. The molecule has 0 saturated heterocycles. The lowest BCUT2D eigenvalue weighted by atomic mass is 10.2. The van der Waals surface area contributed by atoms with Gasteiger partial charge in [0.25, 0.3) is 5.91 Å². The van der Waals surface area contributed by atoms with Crippen molar-refractivity contribution in [1.82, 2.24) is 5.32 Å². The second-order valence-electron chi connectivity index (χ2n) is 4.85. The van der Waals surface area contributed by atoms with Crippen LogP contribution in [-0.4, -0.2) is 25.0 Å². The van der Waals surface area contributed by atoms with Crippen LogP contribution >= 0.6 is 11.3 Å². The van der Waals surface area contributed by atoms with Gasteiger partial charge in [-0.3, -0.25) is 9.59 Å². The van der Waals surface area contributed by atoms with Gasteiger partial charge in [0.15, 0.2) is 0 Å². The third-order valence-electron chi connectivity index (χ3n) is 3.11. The van der Waals surface area contributed by atoms with E-state index >= 15 is 0 Å². The summed E-state index contributed by atoms with van der Waals surface area (Å²) >= 11 is 1.48. The Bertz CT molecular complexity index is 641. The van der Waals surface area contributed by atoms with Crippen molar-refractivity contribution in [2.45, 2.75) is 19.8 Å². The number of ether oxygens (including phenoxy) is 1. The number of rotatable bonds is 8. The molecule has 2 amide bonds. The minimum Gasteiger partial charge on any atom is -0.492 e. The molecule has 0 bridgehead atoms. The molecular formula is C17H20N2O3S. The summed E-state index contributed by atoms with van der Waals surface area (Å²) in [6, 6.07) is 9.11. The maximum atomic E-state index is 12.0. The molecule has 122 valence electrons. The molecule has 6 heteroatoms. The average molecular weight is 332 g/mol. The zero-order valence-electron chi connectivity index (χ0n) is 13.0. The minimum atomic E-state index is -0.103. The van der Waals surface area contributed by atoms with Gasteiger partial charge < -0.3 is 15.4 Å². The van der Waals surface area contributed by atoms with E-state index in [0.717, 1.165) is 0 Å². The smallest absolute Gasteiger partial charge is 0.252 e. The van der Waals surface area contributed by atoms with Crippen LogP contribution in [0.1, 0.15) is 30.1 Å². The summed E-state index contributed by atoms with van der Waals surface area (Å²) in [7, 11) is 0. The number of para-hydroxylation sites is 2. The first-order chi connectivity index (χ1) is 11.2. The number of anilines is 1. The second kappa shape index (κ2) is 8.95. The monoisotopic (exact) mass is 332 g/mol. The Morgan fingerprint density at radius 3 is 2.78 bits per heavy atom. The van der Waals surface area contributed by atoms with E-state index in [1.54, 1.807) is 17.5 Å². The fourth-order valence-electron chi connectivity index (χ4n) is 2.01. The van der Waals surface area contributed by atoms with E-state index < -0.39 is 0 Å². The number of hydrogen-bond donors (Lipinski definition) is 2. The third-order valence-corrected chi connectivity index (χ3v) is 3.79. The van der Waals surface area contributed by atoms with Crippen LogP contribution in [-0.2, 0) is 4.79 Å². The molecule has 0 spiro atoms. The summed E-state index contributed by atoms with van der Waals surface area (Å²) in [6.45, 7) is 2.91. The van der Waals surface area contributed by atoms with Crippen molar-refractivity contribution in [3.63, 3.8) is 0 Å². The first-order valence-corrected chi connectivity index (χ1v) is 8.47. The molecule has 0 aliphatic rings. The van der Waals surface area contributed by atoms with Gasteiger partial charge in [0.05, 0.1) is 12.3 Å². The topological polar surface area (TPSA) is 67.4 Å². The molecule has 1 aromatic heterocycles. The Balaban J connectivity index is 1.72. The van der Waals surface area contributed by atoms with E-state index in [4.69, 9.17) is 4.74 Å². The van der Waals surface area contributed by atoms with E-state index in [9.17, 15) is 9.59 Å². The molecular weight excluding hydrogens is 312 g/mol. The van der Waals surface area contributed by atoms with Gasteiger partial charge in [0.1, 0.15) is 5.75 Å². The maximum absolute atomic E-state index is 12.0. The van der Waals surface area contributed by atoms with E-state index in [1.807, 2.05) is 30.5 Å². The highest BCUT2D eigenvalue weighted by Gasteiger charge is 2.08. The Labute approximate surface area is 139 Å². The lowest BCUT2D eigenvalue weighted by Gasteiger charge is -2.11. The van der Waals surface area contributed by atoms with Crippen LogP contribution in [0.4, 0.5) is 5.69 Å². The molecule has 2 N–H and O–H groups in total. The SMILES string of the molecule is CCOc1ccccc1NC(=O)CCCNC(=O)c1ccsc1. The number of nitrogens with one attached hydrogen (secondary N) is 2. The summed E-state index contributed by atoms with van der Waals surface area (Å²) in [5.74, 6) is 0.462. The molecule has 0 saturated carbocycles. The lowest BCUT2D eigenvalue weighted by molar-refractivity contribution is -0.116. The van der Waals surface area contributed by atoms with Crippen LogP contribution < -0.4 is 15.4 Å². The van der Waals surface area contributed by atoms with Gasteiger partial charge in [-0.15, -0.1) is 0 Å². The Kier molecular flexibility index (Phi) is 6.62. The summed E-state index contributed by atoms with van der Waals surface area (Å²) in [5, 5.41) is 9.29. The molecule has 2 aromatic rings. The summed E-state index contributed by atoms with van der Waals surface area (Å²) < 4.78 is 5.47. The van der Waals surface area contributed by atoms with Gasteiger partial charge in [0.2, 0.25) is 5.91 Å². The standard InChI is InChI=1S/C17H20N2O3S/c1-2-22-15-7-4-3-6-14(15)19-16(20)8-5-10-18-17(21)13-9-11-23-12-13/h3-4,6-7,9,11-12H,2,5,8,10H2,1H3,(H,18,21)(H,19,20). The number of thiophene rings is 1. The average Bonchev–Trinajstić information content (AvgIpc) is 3.08. The van der Waals surface area contributed by atoms with Gasteiger partial charge in [-0.1, -0.05) is 12.1 Å². The van der Waals surface area contributed by atoms with E-state index in [2.05, 4.69) is 10.6 Å². The van der Waals surface area contributed by atoms with Gasteiger partial charge >= 0.3 is 0 Å². The van der Waals surface area contributed by atoms with Gasteiger partial charge in [-0.05, 0) is 36.9 Å². The van der Waals surface area contributed by atoms with Crippen molar-refractivity contribution in [1.29, 1.82) is 0 Å². The van der Waals surface area contributed by atoms with Crippen LogP contribution in [0.15, 0.2) is 41.1 Å². The van der Waals surface area contributed by atoms with Gasteiger partial charge in [0, 0.05) is 23.9 Å². The molecule has 0 fully saturated rings. The van der Waals surface area contributed by atoms with E-state index in [-0.39, 0.29) is 11.8 Å². The highest BCUT2D eigenvalue weighted by atomic mass is 32.1. The fourth-order valence-corrected chi connectivity index (χ4v) is 2.65. The Hall–Kier alpha value is -2.34. The summed E-state index contributed by atoms with van der Waals surface area (Å²) in [5.41, 5.74) is 1.33. The molecule has 2 rings (SSSR count). The number of carbonyl (C=O) groups excluding carboxylic acids is 2. The zero-order chi connectivity index (χ0) is 16.5. The molecule has 0 unspecified atom stereocenters. The van der Waals surface area contributed by atoms with Crippen molar-refractivity contribution in [3.8, 4) is 5.75 Å². The minimum absolute atomic E-state index is 0.0954. The van der Waals surface area contributed by atoms with Crippen molar-refractivity contribution in [2.24, 2.45) is 0 Å². The Morgan fingerprint density at radius 1 is 1.22 bits per heavy atom. The van der Waals surface area contributed by atoms with Gasteiger partial charge in [-0.25, -0.2) is 0 Å². The number of amides is 2. The van der Waals surface area contributed by atoms with E-state index in [0.29, 0.717) is 43.0 Å². The largest absolute Gasteiger partial charge is 0.492 e. The molecule has 5 nitrogen and oxygen atoms in total. The summed E-state index contributed by atoms with van der Waals surface area (Å²) in [6.07, 6.45) is 0.920. The highest BCUT2D eigenvalue weighted by Crippen LogP contribution is 2.23. The van der Waals surface area contributed by atoms with Crippen molar-refractivity contribution >= 4 is 28.8 Å². The normalized spacial score (nSPS) is 10.1. The first kappa shape index (κ1) is 17.0. The summed E-state index contributed by atoms with van der Waals surface area (Å²) in [4.78, 5) is 23.7. The molecule has 23 heavy (non-hydrogen) atoms. The predicted octanol–water partition coefficient (Wildman–Crippen LogP) is 3.30. The van der Waals surface area contributed by atoms with Crippen LogP contribution in [0.25, 0.3) is 0 Å². The molecule has 0 radical (unpaired) electrons. The number of hydrogen-bond acceptors (Lipinski definition) is 4. The molecule has 0 aliphatic heterocycles. The Morgan fingerprint density at radius 2 is 2.04 bits per heavy atom. The number of benzene rings is 1. The third kappa shape index (κ3) is 5.41. The first-order valence-electron chi connectivity index (χ1n) is 7.52. The van der Waals surface area contributed by atoms with Crippen LogP contribution in [0, 0.1) is 0 Å². The fraction of sp³-hybridized carbons (Fsp3) is 0.294. The lowest BCUT2D eigenvalue weighted by Crippen LogP contribution is -2.25. The number of carbonyl (C=O) groups is 2. The van der Waals surface area contributed by atoms with Crippen LogP contribution in [0.3, 0.4) is 0 Å². The van der Waals surface area contributed by atoms with Crippen molar-refractivity contribution in [2.75, 3.05) is 18.5 Å². The maximum Gasteiger partial charge on any atom is 0.252 e. The second-order valence-corrected chi connectivity index (χ2v) is 5.63. The van der Waals surface area contributed by atoms with Crippen molar-refractivity contribution in [3.05, 3.63) is 46.7 Å². The van der Waals surface area contributed by atoms with E-state index in [1.165, 1.54) is 11.3 Å². The van der Waals surface area contributed by atoms with Gasteiger partial charge in [-0.2, -0.15) is 11.3 Å². The van der Waals surface area contributed by atoms with Crippen LogP contribution in [0.2, 0.25) is 0 Å². The molecule has 1 heterocycles. The van der Waals surface area contributed by atoms with Crippen LogP contribution in [0.5, 0.6) is 5.75 Å². The molecule has 1 aromatic carbocycles. The highest BCUT2D eigenvalue weighted by molar-refractivity contribution is 7.08. The quantitative estimate of drug-likeness (QED) is 0.729. The zero-order valence-corrected chi connectivity index (χ0v) is 13.8. The predicted molar refractivity (Wildman–Crippen MR) is 92.1 cm³/mol.